The van der Waals surface area contributed by atoms with Crippen molar-refractivity contribution >= 4 is 28.8 Å². The molecule has 2 atom stereocenters. The second-order valence-corrected chi connectivity index (χ2v) is 6.60. The Kier molecular flexibility index (Phi) is 4.48. The Balaban J connectivity index is 1.72. The van der Waals surface area contributed by atoms with Gasteiger partial charge in [-0.15, -0.1) is 11.3 Å². The normalized spacial score (nSPS) is 20.3. The molecule has 1 aliphatic rings. The van der Waals surface area contributed by atoms with Crippen LogP contribution in [0.4, 0.5) is 0 Å². The molecular formula is C15H13ClN4O2S. The average Bonchev–Trinajstić information content (AvgIpc) is 3.15. The van der Waals surface area contributed by atoms with Gasteiger partial charge >= 0.3 is 0 Å². The maximum absolute atomic E-state index is 12.3. The highest BCUT2D eigenvalue weighted by atomic mass is 35.5. The van der Waals surface area contributed by atoms with Crippen LogP contribution in [0, 0.1) is 11.5 Å². The number of carbonyl (C=O) groups excluding carboxylic acids is 1. The summed E-state index contributed by atoms with van der Waals surface area (Å²) in [4.78, 5) is 18.4. The van der Waals surface area contributed by atoms with E-state index in [0.29, 0.717) is 21.5 Å². The molecule has 1 aliphatic heterocycles. The quantitative estimate of drug-likeness (QED) is 0.824. The topological polar surface area (TPSA) is 89.3 Å². The number of β-amino-alcohol motifs (C(OH)–C–C–N with tert-alkyl or cyclic N) is 1. The molecule has 2 heterocycles. The van der Waals surface area contributed by atoms with Crippen molar-refractivity contribution < 1.29 is 9.90 Å². The van der Waals surface area contributed by atoms with E-state index in [0.717, 1.165) is 5.56 Å². The van der Waals surface area contributed by atoms with Crippen LogP contribution in [-0.4, -0.2) is 46.1 Å². The number of aliphatic hydroxyl groups excluding tert-OH is 1. The second kappa shape index (κ2) is 6.54. The molecule has 118 valence electrons. The van der Waals surface area contributed by atoms with Crippen molar-refractivity contribution in [2.75, 3.05) is 13.1 Å². The number of likely N-dealkylation sites (tertiary alicyclic amines) is 1. The predicted octanol–water partition coefficient (Wildman–Crippen LogP) is 1.72. The van der Waals surface area contributed by atoms with Crippen molar-refractivity contribution in [2.24, 2.45) is 0 Å². The van der Waals surface area contributed by atoms with Gasteiger partial charge in [0.25, 0.3) is 5.91 Å². The molecule has 8 heteroatoms. The zero-order chi connectivity index (χ0) is 16.4. The molecule has 0 saturated carbocycles. The summed E-state index contributed by atoms with van der Waals surface area (Å²) in [6.07, 6.45) is 2.70. The summed E-state index contributed by atoms with van der Waals surface area (Å²) >= 11 is 7.36. The highest BCUT2D eigenvalue weighted by Crippen LogP contribution is 2.30. The average molecular weight is 349 g/mol. The van der Waals surface area contributed by atoms with Crippen LogP contribution in [0.15, 0.2) is 30.5 Å². The van der Waals surface area contributed by atoms with Gasteiger partial charge in [0.15, 0.2) is 6.19 Å². The van der Waals surface area contributed by atoms with Crippen LogP contribution in [0.5, 0.6) is 0 Å². The highest BCUT2D eigenvalue weighted by molar-refractivity contribution is 7.17. The first-order valence-corrected chi connectivity index (χ1v) is 8.12. The fourth-order valence-electron chi connectivity index (χ4n) is 2.39. The van der Waals surface area contributed by atoms with Gasteiger partial charge in [0.05, 0.1) is 36.5 Å². The van der Waals surface area contributed by atoms with E-state index in [1.54, 1.807) is 6.07 Å². The first-order chi connectivity index (χ1) is 11.1. The Morgan fingerprint density at radius 2 is 2.26 bits per heavy atom. The summed E-state index contributed by atoms with van der Waals surface area (Å²) in [7, 11) is 0. The molecule has 2 unspecified atom stereocenters. The minimum atomic E-state index is -0.755. The molecule has 1 aromatic heterocycles. The summed E-state index contributed by atoms with van der Waals surface area (Å²) in [6.45, 7) is 0.536. The zero-order valence-electron chi connectivity index (χ0n) is 11.9. The van der Waals surface area contributed by atoms with Gasteiger partial charge in [0.1, 0.15) is 9.88 Å². The molecule has 3 rings (SSSR count). The number of nitrogens with zero attached hydrogens (tertiary/aromatic N) is 3. The molecular weight excluding hydrogens is 336 g/mol. The number of rotatable bonds is 3. The maximum atomic E-state index is 12.3. The molecule has 0 bridgehead atoms. The summed E-state index contributed by atoms with van der Waals surface area (Å²) < 4.78 is 0. The Morgan fingerprint density at radius 3 is 2.96 bits per heavy atom. The third kappa shape index (κ3) is 3.29. The van der Waals surface area contributed by atoms with Gasteiger partial charge in [-0.25, -0.2) is 4.98 Å². The minimum absolute atomic E-state index is 0.231. The Labute approximate surface area is 141 Å². The first-order valence-electron chi connectivity index (χ1n) is 6.93. The van der Waals surface area contributed by atoms with Crippen LogP contribution < -0.4 is 5.32 Å². The van der Waals surface area contributed by atoms with Gasteiger partial charge in [-0.1, -0.05) is 29.8 Å². The van der Waals surface area contributed by atoms with E-state index in [9.17, 15) is 9.90 Å². The minimum Gasteiger partial charge on any atom is -0.389 e. The van der Waals surface area contributed by atoms with E-state index in [4.69, 9.17) is 16.9 Å². The Morgan fingerprint density at radius 1 is 1.48 bits per heavy atom. The van der Waals surface area contributed by atoms with Gasteiger partial charge < -0.3 is 15.3 Å². The predicted molar refractivity (Wildman–Crippen MR) is 87.0 cm³/mol. The maximum Gasteiger partial charge on any atom is 0.263 e. The number of amides is 1. The third-order valence-electron chi connectivity index (χ3n) is 3.58. The lowest BCUT2D eigenvalue weighted by Crippen LogP contribution is -2.42. The summed E-state index contributed by atoms with van der Waals surface area (Å²) in [5.41, 5.74) is 0.773. The lowest BCUT2D eigenvalue weighted by molar-refractivity contribution is 0.0892. The van der Waals surface area contributed by atoms with Crippen molar-refractivity contribution in [1.82, 2.24) is 15.2 Å². The monoisotopic (exact) mass is 348 g/mol. The van der Waals surface area contributed by atoms with Gasteiger partial charge in [0, 0.05) is 5.56 Å². The van der Waals surface area contributed by atoms with Crippen molar-refractivity contribution in [1.29, 1.82) is 5.26 Å². The van der Waals surface area contributed by atoms with E-state index in [1.807, 2.05) is 24.4 Å². The van der Waals surface area contributed by atoms with Gasteiger partial charge in [-0.2, -0.15) is 5.26 Å². The summed E-state index contributed by atoms with van der Waals surface area (Å²) in [5.74, 6) is -0.315. The van der Waals surface area contributed by atoms with Gasteiger partial charge in [-0.05, 0) is 6.07 Å². The lowest BCUT2D eigenvalue weighted by Gasteiger charge is -2.13. The van der Waals surface area contributed by atoms with Gasteiger partial charge in [0.2, 0.25) is 0 Å². The number of thiazole rings is 1. The number of hydrogen-bond acceptors (Lipinski definition) is 6. The highest BCUT2D eigenvalue weighted by Gasteiger charge is 2.32. The molecule has 0 aliphatic carbocycles. The molecule has 2 aromatic rings. The van der Waals surface area contributed by atoms with Crippen LogP contribution in [0.3, 0.4) is 0 Å². The molecule has 1 amide bonds. The molecule has 2 N–H and O–H groups in total. The Hall–Kier alpha value is -2.14. The number of halogens is 1. The number of aromatic nitrogens is 1. The molecule has 1 fully saturated rings. The number of benzene rings is 1. The lowest BCUT2D eigenvalue weighted by atomic mass is 10.2. The second-order valence-electron chi connectivity index (χ2n) is 5.16. The van der Waals surface area contributed by atoms with E-state index in [1.165, 1.54) is 22.4 Å². The molecule has 0 radical (unpaired) electrons. The van der Waals surface area contributed by atoms with Crippen molar-refractivity contribution in [3.63, 3.8) is 0 Å². The van der Waals surface area contributed by atoms with E-state index < -0.39 is 12.1 Å². The smallest absolute Gasteiger partial charge is 0.263 e. The van der Waals surface area contributed by atoms with Crippen LogP contribution in [0.1, 0.15) is 9.67 Å². The first kappa shape index (κ1) is 15.7. The summed E-state index contributed by atoms with van der Waals surface area (Å²) in [6, 6.07) is 6.83. The van der Waals surface area contributed by atoms with Crippen molar-refractivity contribution in [3.05, 3.63) is 40.4 Å². The van der Waals surface area contributed by atoms with Crippen LogP contribution in [0.2, 0.25) is 5.02 Å². The largest absolute Gasteiger partial charge is 0.389 e. The van der Waals surface area contributed by atoms with E-state index >= 15 is 0 Å². The van der Waals surface area contributed by atoms with E-state index in [-0.39, 0.29) is 12.5 Å². The zero-order valence-corrected chi connectivity index (χ0v) is 13.5. The number of carbonyl (C=O) groups is 1. The number of nitriles is 1. The van der Waals surface area contributed by atoms with Crippen LogP contribution in [-0.2, 0) is 0 Å². The molecule has 23 heavy (non-hydrogen) atoms. The number of nitrogens with one attached hydrogen (secondary N) is 1. The van der Waals surface area contributed by atoms with E-state index in [2.05, 4.69) is 10.3 Å². The number of hydrogen-bond donors (Lipinski definition) is 2. The summed E-state index contributed by atoms with van der Waals surface area (Å²) in [5, 5.41) is 22.7. The molecule has 1 saturated heterocycles. The van der Waals surface area contributed by atoms with Crippen LogP contribution >= 0.6 is 22.9 Å². The molecule has 0 spiro atoms. The third-order valence-corrected chi connectivity index (χ3v) is 4.94. The van der Waals surface area contributed by atoms with Crippen LogP contribution in [0.25, 0.3) is 10.6 Å². The van der Waals surface area contributed by atoms with Crippen molar-refractivity contribution in [2.45, 2.75) is 12.1 Å². The molecule has 1 aromatic carbocycles. The fourth-order valence-corrected chi connectivity index (χ4v) is 3.53. The molecule has 6 nitrogen and oxygen atoms in total. The standard InChI is InChI=1S/C15H13ClN4O2S/c16-10-4-2-1-3-9(10)15-18-5-13(23-15)14(22)19-11-6-20(8-17)7-12(11)21/h1-5,11-12,21H,6-7H2,(H,19,22). The number of aliphatic hydroxyl groups is 1. The van der Waals surface area contributed by atoms with Crippen molar-refractivity contribution in [3.8, 4) is 16.8 Å². The SMILES string of the molecule is N#CN1CC(O)C(NC(=O)c2cnc(-c3ccccc3Cl)s2)C1. The van der Waals surface area contributed by atoms with Gasteiger partial charge in [-0.3, -0.25) is 4.79 Å². The fraction of sp³-hybridized carbons (Fsp3) is 0.267. The Bertz CT molecular complexity index is 773.